The fourth-order valence-corrected chi connectivity index (χ4v) is 2.67. The Bertz CT molecular complexity index is 613. The van der Waals surface area contributed by atoms with Crippen molar-refractivity contribution in [2.45, 2.75) is 31.7 Å². The summed E-state index contributed by atoms with van der Waals surface area (Å²) in [5.41, 5.74) is 1.40. The molecule has 1 aliphatic carbocycles. The fraction of sp³-hybridized carbons (Fsp3) is 0.375. The first-order valence-electron chi connectivity index (χ1n) is 7.25. The van der Waals surface area contributed by atoms with Gasteiger partial charge in [-0.05, 0) is 37.1 Å². The van der Waals surface area contributed by atoms with E-state index in [1.54, 1.807) is 19.6 Å². The van der Waals surface area contributed by atoms with Crippen LogP contribution in [0.25, 0.3) is 5.69 Å². The van der Waals surface area contributed by atoms with Crippen LogP contribution in [0.4, 0.5) is 0 Å². The Balaban J connectivity index is 1.71. The Morgan fingerprint density at radius 2 is 2.00 bits per heavy atom. The number of nitrogens with zero attached hydrogens (tertiary/aromatic N) is 2. The summed E-state index contributed by atoms with van der Waals surface area (Å²) in [4.78, 5) is 16.3. The number of aromatic nitrogens is 2. The lowest BCUT2D eigenvalue weighted by atomic mass is 10.2. The number of nitrogens with one attached hydrogen (secondary N) is 1. The van der Waals surface area contributed by atoms with Crippen LogP contribution in [-0.4, -0.2) is 28.6 Å². The number of ether oxygens (including phenoxy) is 1. The van der Waals surface area contributed by atoms with Gasteiger partial charge < -0.3 is 14.6 Å². The molecular weight excluding hydrogens is 266 g/mol. The van der Waals surface area contributed by atoms with Crippen molar-refractivity contribution in [3.8, 4) is 11.4 Å². The van der Waals surface area contributed by atoms with E-state index >= 15 is 0 Å². The van der Waals surface area contributed by atoms with Crippen molar-refractivity contribution in [3.63, 3.8) is 0 Å². The number of carbonyl (C=O) groups excluding carboxylic acids is 1. The zero-order valence-electron chi connectivity index (χ0n) is 12.1. The molecule has 3 rings (SSSR count). The first-order valence-corrected chi connectivity index (χ1v) is 7.25. The average molecular weight is 285 g/mol. The minimum Gasteiger partial charge on any atom is -0.497 e. The van der Waals surface area contributed by atoms with Crippen LogP contribution in [0, 0.1) is 0 Å². The average Bonchev–Trinajstić information content (AvgIpc) is 3.18. The first kappa shape index (κ1) is 13.7. The molecule has 0 bridgehead atoms. The largest absolute Gasteiger partial charge is 0.497 e. The van der Waals surface area contributed by atoms with Gasteiger partial charge in [0.2, 0.25) is 0 Å². The maximum absolute atomic E-state index is 12.1. The van der Waals surface area contributed by atoms with Crippen molar-refractivity contribution < 1.29 is 9.53 Å². The minimum atomic E-state index is -0.0887. The summed E-state index contributed by atoms with van der Waals surface area (Å²) < 4.78 is 6.97. The van der Waals surface area contributed by atoms with Gasteiger partial charge >= 0.3 is 0 Å². The van der Waals surface area contributed by atoms with Gasteiger partial charge in [0.1, 0.15) is 17.8 Å². The maximum Gasteiger partial charge on any atom is 0.271 e. The molecule has 2 aromatic rings. The summed E-state index contributed by atoms with van der Waals surface area (Å²) in [5, 5.41) is 3.04. The second kappa shape index (κ2) is 5.99. The molecule has 1 aromatic carbocycles. The van der Waals surface area contributed by atoms with E-state index in [9.17, 15) is 4.79 Å². The number of amides is 1. The summed E-state index contributed by atoms with van der Waals surface area (Å²) in [7, 11) is 1.64. The molecule has 5 heteroatoms. The van der Waals surface area contributed by atoms with Crippen LogP contribution in [0.1, 0.15) is 36.2 Å². The number of carbonyl (C=O) groups is 1. The highest BCUT2D eigenvalue weighted by Gasteiger charge is 2.19. The Labute approximate surface area is 124 Å². The van der Waals surface area contributed by atoms with Crippen LogP contribution in [-0.2, 0) is 0 Å². The quantitative estimate of drug-likeness (QED) is 0.939. The van der Waals surface area contributed by atoms with Gasteiger partial charge in [0, 0.05) is 17.9 Å². The SMILES string of the molecule is COc1ccc(-n2cnc(C(=O)NC3CCCC3)c2)cc1. The third-order valence-corrected chi connectivity index (χ3v) is 3.88. The van der Waals surface area contributed by atoms with Crippen molar-refractivity contribution in [2.75, 3.05) is 7.11 Å². The molecule has 21 heavy (non-hydrogen) atoms. The van der Waals surface area contributed by atoms with Crippen LogP contribution in [0.2, 0.25) is 0 Å². The van der Waals surface area contributed by atoms with E-state index in [0.717, 1.165) is 24.3 Å². The molecule has 1 saturated carbocycles. The lowest BCUT2D eigenvalue weighted by Crippen LogP contribution is -2.32. The second-order valence-electron chi connectivity index (χ2n) is 5.32. The summed E-state index contributed by atoms with van der Waals surface area (Å²) in [6.07, 6.45) is 7.96. The van der Waals surface area contributed by atoms with Gasteiger partial charge in [-0.2, -0.15) is 0 Å². The Kier molecular flexibility index (Phi) is 3.90. The van der Waals surface area contributed by atoms with Crippen LogP contribution in [0.5, 0.6) is 5.75 Å². The van der Waals surface area contributed by atoms with E-state index in [0.29, 0.717) is 11.7 Å². The van der Waals surface area contributed by atoms with E-state index in [4.69, 9.17) is 4.74 Å². The molecule has 1 fully saturated rings. The van der Waals surface area contributed by atoms with Crippen molar-refractivity contribution >= 4 is 5.91 Å². The van der Waals surface area contributed by atoms with Crippen molar-refractivity contribution in [3.05, 3.63) is 42.5 Å². The standard InChI is InChI=1S/C16H19N3O2/c1-21-14-8-6-13(7-9-14)19-10-15(17-11-19)16(20)18-12-4-2-3-5-12/h6-12H,2-5H2,1H3,(H,18,20). The predicted octanol–water partition coefficient (Wildman–Crippen LogP) is 2.55. The van der Waals surface area contributed by atoms with E-state index in [2.05, 4.69) is 10.3 Å². The predicted molar refractivity (Wildman–Crippen MR) is 79.8 cm³/mol. The first-order chi connectivity index (χ1) is 10.3. The van der Waals surface area contributed by atoms with Crippen molar-refractivity contribution in [2.24, 2.45) is 0 Å². The normalized spacial score (nSPS) is 15.1. The summed E-state index contributed by atoms with van der Waals surface area (Å²) in [6, 6.07) is 7.93. The molecule has 1 N–H and O–H groups in total. The summed E-state index contributed by atoms with van der Waals surface area (Å²) in [6.45, 7) is 0. The summed E-state index contributed by atoms with van der Waals surface area (Å²) in [5.74, 6) is 0.715. The highest BCUT2D eigenvalue weighted by Crippen LogP contribution is 2.18. The van der Waals surface area contributed by atoms with Gasteiger partial charge in [0.25, 0.3) is 5.91 Å². The van der Waals surface area contributed by atoms with Crippen LogP contribution in [0.3, 0.4) is 0 Å². The van der Waals surface area contributed by atoms with Crippen LogP contribution >= 0.6 is 0 Å². The summed E-state index contributed by atoms with van der Waals surface area (Å²) >= 11 is 0. The molecule has 0 atom stereocenters. The Morgan fingerprint density at radius 3 is 2.67 bits per heavy atom. The van der Waals surface area contributed by atoms with Gasteiger partial charge in [-0.1, -0.05) is 12.8 Å². The molecular formula is C16H19N3O2. The third kappa shape index (κ3) is 3.07. The molecule has 0 saturated heterocycles. The van der Waals surface area contributed by atoms with Gasteiger partial charge in [-0.3, -0.25) is 4.79 Å². The topological polar surface area (TPSA) is 56.2 Å². The molecule has 1 heterocycles. The molecule has 110 valence electrons. The van der Waals surface area contributed by atoms with Gasteiger partial charge in [-0.25, -0.2) is 4.98 Å². The third-order valence-electron chi connectivity index (χ3n) is 3.88. The number of methoxy groups -OCH3 is 1. The zero-order chi connectivity index (χ0) is 14.7. The smallest absolute Gasteiger partial charge is 0.271 e. The number of hydrogen-bond donors (Lipinski definition) is 1. The van der Waals surface area contributed by atoms with Crippen molar-refractivity contribution in [1.29, 1.82) is 0 Å². The number of rotatable bonds is 4. The fourth-order valence-electron chi connectivity index (χ4n) is 2.67. The van der Waals surface area contributed by atoms with E-state index in [-0.39, 0.29) is 5.91 Å². The molecule has 5 nitrogen and oxygen atoms in total. The molecule has 0 aliphatic heterocycles. The molecule has 1 amide bonds. The van der Waals surface area contributed by atoms with E-state index in [1.807, 2.05) is 28.8 Å². The number of imidazole rings is 1. The molecule has 0 radical (unpaired) electrons. The van der Waals surface area contributed by atoms with Crippen molar-refractivity contribution in [1.82, 2.24) is 14.9 Å². The van der Waals surface area contributed by atoms with Gasteiger partial charge in [0.05, 0.1) is 7.11 Å². The minimum absolute atomic E-state index is 0.0887. The van der Waals surface area contributed by atoms with Gasteiger partial charge in [-0.15, -0.1) is 0 Å². The Morgan fingerprint density at radius 1 is 1.29 bits per heavy atom. The number of hydrogen-bond acceptors (Lipinski definition) is 3. The monoisotopic (exact) mass is 285 g/mol. The van der Waals surface area contributed by atoms with Crippen LogP contribution in [0.15, 0.2) is 36.8 Å². The molecule has 0 spiro atoms. The molecule has 1 aliphatic rings. The van der Waals surface area contributed by atoms with Crippen LogP contribution < -0.4 is 10.1 Å². The molecule has 0 unspecified atom stereocenters. The lowest BCUT2D eigenvalue weighted by Gasteiger charge is -2.09. The molecule has 1 aromatic heterocycles. The maximum atomic E-state index is 12.1. The lowest BCUT2D eigenvalue weighted by molar-refractivity contribution is 0.0933. The van der Waals surface area contributed by atoms with E-state index < -0.39 is 0 Å². The highest BCUT2D eigenvalue weighted by molar-refractivity contribution is 5.92. The zero-order valence-corrected chi connectivity index (χ0v) is 12.1. The highest BCUT2D eigenvalue weighted by atomic mass is 16.5. The van der Waals surface area contributed by atoms with E-state index in [1.165, 1.54) is 12.8 Å². The number of benzene rings is 1. The van der Waals surface area contributed by atoms with Gasteiger partial charge in [0.15, 0.2) is 0 Å². The Hall–Kier alpha value is -2.30. The second-order valence-corrected chi connectivity index (χ2v) is 5.32.